The Hall–Kier alpha value is -3.78. The third-order valence-corrected chi connectivity index (χ3v) is 6.70. The van der Waals surface area contributed by atoms with Crippen molar-refractivity contribution in [3.8, 4) is 11.4 Å². The number of aromatic carboxylic acids is 1. The van der Waals surface area contributed by atoms with E-state index in [1.54, 1.807) is 23.6 Å². The minimum atomic E-state index is -1.17. The second-order valence-electron chi connectivity index (χ2n) is 9.56. The van der Waals surface area contributed by atoms with Crippen LogP contribution in [0.1, 0.15) is 48.0 Å². The lowest BCUT2D eigenvalue weighted by Gasteiger charge is -2.43. The zero-order chi connectivity index (χ0) is 25.3. The van der Waals surface area contributed by atoms with Crippen LogP contribution in [0.4, 0.5) is 13.2 Å². The number of rotatable bonds is 3. The van der Waals surface area contributed by atoms with Crippen LogP contribution in [0.2, 0.25) is 0 Å². The fraction of sp³-hybridized carbons (Fsp3) is 0.222. The molecule has 0 saturated carbocycles. The van der Waals surface area contributed by atoms with Crippen molar-refractivity contribution >= 4 is 16.9 Å². The predicted octanol–water partition coefficient (Wildman–Crippen LogP) is 6.02. The van der Waals surface area contributed by atoms with E-state index in [9.17, 15) is 28.2 Å². The molecule has 0 aliphatic carbocycles. The highest BCUT2D eigenvalue weighted by Gasteiger charge is 2.47. The number of ether oxygens (including phenoxy) is 1. The van der Waals surface area contributed by atoms with Gasteiger partial charge in [-0.05, 0) is 42.8 Å². The number of carboxylic acids is 1. The van der Waals surface area contributed by atoms with Crippen LogP contribution in [0.3, 0.4) is 0 Å². The molecule has 0 spiro atoms. The van der Waals surface area contributed by atoms with Gasteiger partial charge in [0.1, 0.15) is 17.2 Å². The first-order chi connectivity index (χ1) is 16.4. The van der Waals surface area contributed by atoms with Gasteiger partial charge in [-0.2, -0.15) is 0 Å². The zero-order valence-electron chi connectivity index (χ0n) is 19.2. The molecule has 180 valence electrons. The first kappa shape index (κ1) is 23.0. The predicted molar refractivity (Wildman–Crippen MR) is 124 cm³/mol. The van der Waals surface area contributed by atoms with E-state index in [2.05, 4.69) is 0 Å². The molecule has 5 nitrogen and oxygen atoms in total. The Bertz CT molecular complexity index is 1510. The van der Waals surface area contributed by atoms with Crippen LogP contribution in [0, 0.1) is 17.5 Å². The number of carboxylic acid groups (broad SMARTS) is 1. The first-order valence-electron chi connectivity index (χ1n) is 10.9. The van der Waals surface area contributed by atoms with Crippen molar-refractivity contribution in [3.63, 3.8) is 0 Å². The Morgan fingerprint density at radius 3 is 2.29 bits per heavy atom. The number of phenols is 1. The summed E-state index contributed by atoms with van der Waals surface area (Å²) in [4.78, 5) is 11.4. The lowest BCUT2D eigenvalue weighted by Crippen LogP contribution is -2.43. The molecule has 0 saturated heterocycles. The number of benzene rings is 3. The molecule has 0 fully saturated rings. The highest BCUT2D eigenvalue weighted by molar-refractivity contribution is 5.94. The number of hydrogen-bond acceptors (Lipinski definition) is 3. The highest BCUT2D eigenvalue weighted by Crippen LogP contribution is 2.52. The molecule has 1 atom stereocenters. The van der Waals surface area contributed by atoms with E-state index in [0.29, 0.717) is 22.2 Å². The normalized spacial score (nSPS) is 19.0. The number of halogens is 3. The van der Waals surface area contributed by atoms with E-state index < -0.39 is 34.4 Å². The monoisotopic (exact) mass is 481 g/mol. The minimum Gasteiger partial charge on any atom is -0.507 e. The SMILES string of the molecule is CC1(C)COC(C)(c2ccc(C(=O)O)cc2)c2c1n(-c1ccc(F)c(F)c1)c1cc(F)cc(O)c21. The van der Waals surface area contributed by atoms with Crippen molar-refractivity contribution in [3.05, 3.63) is 94.4 Å². The Kier molecular flexibility index (Phi) is 5.00. The number of aromatic nitrogens is 1. The van der Waals surface area contributed by atoms with Crippen molar-refractivity contribution in [2.45, 2.75) is 31.8 Å². The molecule has 1 aliphatic heterocycles. The maximum absolute atomic E-state index is 14.5. The number of carbonyl (C=O) groups is 1. The van der Waals surface area contributed by atoms with E-state index in [1.165, 1.54) is 24.3 Å². The molecule has 2 heterocycles. The summed E-state index contributed by atoms with van der Waals surface area (Å²) in [6.45, 7) is 5.80. The van der Waals surface area contributed by atoms with E-state index in [0.717, 1.165) is 18.2 Å². The van der Waals surface area contributed by atoms with Crippen LogP contribution in [0.15, 0.2) is 54.6 Å². The third-order valence-electron chi connectivity index (χ3n) is 6.70. The quantitative estimate of drug-likeness (QED) is 0.375. The average molecular weight is 481 g/mol. The summed E-state index contributed by atoms with van der Waals surface area (Å²) in [6.07, 6.45) is 0. The molecule has 5 rings (SSSR count). The summed E-state index contributed by atoms with van der Waals surface area (Å²) >= 11 is 0. The molecule has 4 aromatic rings. The Morgan fingerprint density at radius 2 is 1.66 bits per heavy atom. The maximum atomic E-state index is 14.5. The maximum Gasteiger partial charge on any atom is 0.335 e. The molecule has 0 bridgehead atoms. The molecule has 1 aliphatic rings. The van der Waals surface area contributed by atoms with Gasteiger partial charge in [0.2, 0.25) is 0 Å². The fourth-order valence-electron chi connectivity index (χ4n) is 4.98. The zero-order valence-corrected chi connectivity index (χ0v) is 19.2. The standard InChI is InChI=1S/C27H22F3NO4/c1-26(2)13-35-27(3,15-6-4-14(5-7-15)25(33)34)23-22-20(10-16(28)11-21(22)32)31(24(23)26)17-8-9-18(29)19(30)12-17/h4-12,32H,13H2,1-3H3,(H,33,34). The lowest BCUT2D eigenvalue weighted by atomic mass is 9.75. The first-order valence-corrected chi connectivity index (χ1v) is 10.9. The van der Waals surface area contributed by atoms with Gasteiger partial charge in [-0.3, -0.25) is 0 Å². The van der Waals surface area contributed by atoms with Crippen molar-refractivity contribution in [1.82, 2.24) is 4.57 Å². The third kappa shape index (κ3) is 3.39. The number of phenolic OH excluding ortho intramolecular Hbond substituents is 1. The average Bonchev–Trinajstić information content (AvgIpc) is 3.16. The minimum absolute atomic E-state index is 0.0999. The van der Waals surface area contributed by atoms with Crippen molar-refractivity contribution in [1.29, 1.82) is 0 Å². The summed E-state index contributed by atoms with van der Waals surface area (Å²) in [7, 11) is 0. The van der Waals surface area contributed by atoms with Crippen LogP contribution < -0.4 is 0 Å². The Morgan fingerprint density at radius 1 is 0.971 bits per heavy atom. The molecule has 3 aromatic carbocycles. The van der Waals surface area contributed by atoms with Gasteiger partial charge >= 0.3 is 5.97 Å². The van der Waals surface area contributed by atoms with Gasteiger partial charge in [0.25, 0.3) is 0 Å². The second-order valence-corrected chi connectivity index (χ2v) is 9.56. The van der Waals surface area contributed by atoms with Crippen molar-refractivity contribution < 1.29 is 32.9 Å². The van der Waals surface area contributed by atoms with Crippen LogP contribution >= 0.6 is 0 Å². The van der Waals surface area contributed by atoms with Crippen LogP contribution in [-0.4, -0.2) is 27.4 Å². The molecular weight excluding hydrogens is 459 g/mol. The van der Waals surface area contributed by atoms with Crippen molar-refractivity contribution in [2.24, 2.45) is 0 Å². The Balaban J connectivity index is 1.91. The molecule has 0 amide bonds. The molecular formula is C27H22F3NO4. The summed E-state index contributed by atoms with van der Waals surface area (Å²) < 4.78 is 50.6. The summed E-state index contributed by atoms with van der Waals surface area (Å²) in [6, 6.07) is 11.8. The molecule has 35 heavy (non-hydrogen) atoms. The van der Waals surface area contributed by atoms with Gasteiger partial charge < -0.3 is 19.5 Å². The van der Waals surface area contributed by atoms with Crippen molar-refractivity contribution in [2.75, 3.05) is 6.61 Å². The molecule has 8 heteroatoms. The Labute approximate surface area is 199 Å². The smallest absolute Gasteiger partial charge is 0.335 e. The van der Waals surface area contributed by atoms with Gasteiger partial charge in [-0.15, -0.1) is 0 Å². The van der Waals surface area contributed by atoms with Crippen LogP contribution in [-0.2, 0) is 15.8 Å². The van der Waals surface area contributed by atoms with Gasteiger partial charge in [-0.1, -0.05) is 26.0 Å². The largest absolute Gasteiger partial charge is 0.507 e. The number of fused-ring (bicyclic) bond motifs is 3. The second kappa shape index (κ2) is 7.61. The highest BCUT2D eigenvalue weighted by atomic mass is 19.2. The van der Waals surface area contributed by atoms with Crippen LogP contribution in [0.25, 0.3) is 16.6 Å². The molecule has 2 N–H and O–H groups in total. The number of aromatic hydroxyl groups is 1. The van der Waals surface area contributed by atoms with Gasteiger partial charge in [-0.25, -0.2) is 18.0 Å². The number of hydrogen-bond donors (Lipinski definition) is 2. The lowest BCUT2D eigenvalue weighted by molar-refractivity contribution is -0.0437. The molecule has 1 aromatic heterocycles. The van der Waals surface area contributed by atoms with E-state index in [-0.39, 0.29) is 29.1 Å². The molecule has 0 radical (unpaired) electrons. The van der Waals surface area contributed by atoms with E-state index in [1.807, 2.05) is 13.8 Å². The summed E-state index contributed by atoms with van der Waals surface area (Å²) in [5.41, 5.74) is 0.575. The van der Waals surface area contributed by atoms with Gasteiger partial charge in [0.15, 0.2) is 11.6 Å². The topological polar surface area (TPSA) is 71.7 Å². The van der Waals surface area contributed by atoms with Gasteiger partial charge in [0, 0.05) is 39.9 Å². The summed E-state index contributed by atoms with van der Waals surface area (Å²) in [5, 5.41) is 20.5. The summed E-state index contributed by atoms with van der Waals surface area (Å²) in [5.74, 6) is -4.17. The van der Waals surface area contributed by atoms with Gasteiger partial charge in [0.05, 0.1) is 17.7 Å². The van der Waals surface area contributed by atoms with E-state index >= 15 is 0 Å². The van der Waals surface area contributed by atoms with Crippen LogP contribution in [0.5, 0.6) is 5.75 Å². The van der Waals surface area contributed by atoms with E-state index in [4.69, 9.17) is 4.74 Å². The molecule has 1 unspecified atom stereocenters. The fourth-order valence-corrected chi connectivity index (χ4v) is 4.98. The number of nitrogens with zero attached hydrogens (tertiary/aromatic N) is 1.